The van der Waals surface area contributed by atoms with Gasteiger partial charge in [-0.2, -0.15) is 17.9 Å². The Morgan fingerprint density at radius 2 is 1.84 bits per heavy atom. The van der Waals surface area contributed by atoms with E-state index in [1.165, 1.54) is 7.11 Å². The van der Waals surface area contributed by atoms with Crippen molar-refractivity contribution >= 4 is 33.0 Å². The third-order valence-electron chi connectivity index (χ3n) is 2.94. The smallest absolute Gasteiger partial charge is 0.319 e. The SMILES string of the molecule is COc1ncc(F)c2nc(S(=O)(=O)Nc3c(F)cc(Cl)cc3F)nn12. The number of hydrogen-bond donors (Lipinski definition) is 1. The Bertz CT molecular complexity index is 1070. The standard InChI is InChI=1S/C12H7ClF3N5O3S/c1-24-12-17-4-8(16)10-18-11(19-21(10)12)25(22,23)20-9-6(14)2-5(13)3-7(9)15/h2-4,20H,1H3. The van der Waals surface area contributed by atoms with E-state index < -0.39 is 44.0 Å². The molecule has 13 heteroatoms. The molecule has 25 heavy (non-hydrogen) atoms. The van der Waals surface area contributed by atoms with Gasteiger partial charge in [-0.25, -0.2) is 18.2 Å². The minimum Gasteiger partial charge on any atom is -0.467 e. The molecular formula is C12H7ClF3N5O3S. The number of methoxy groups -OCH3 is 1. The Labute approximate surface area is 143 Å². The van der Waals surface area contributed by atoms with Gasteiger partial charge >= 0.3 is 6.01 Å². The first-order valence-electron chi connectivity index (χ1n) is 6.35. The highest BCUT2D eigenvalue weighted by Gasteiger charge is 2.26. The van der Waals surface area contributed by atoms with Crippen molar-refractivity contribution in [3.05, 3.63) is 40.8 Å². The summed E-state index contributed by atoms with van der Waals surface area (Å²) in [7, 11) is -3.44. The van der Waals surface area contributed by atoms with Crippen molar-refractivity contribution in [3.63, 3.8) is 0 Å². The van der Waals surface area contributed by atoms with Crippen LogP contribution in [0.1, 0.15) is 0 Å². The normalized spacial score (nSPS) is 11.7. The molecule has 132 valence electrons. The second-order valence-electron chi connectivity index (χ2n) is 4.57. The predicted octanol–water partition coefficient (Wildman–Crippen LogP) is 2.00. The fourth-order valence-electron chi connectivity index (χ4n) is 1.88. The zero-order chi connectivity index (χ0) is 18.4. The van der Waals surface area contributed by atoms with Gasteiger partial charge < -0.3 is 4.74 Å². The monoisotopic (exact) mass is 393 g/mol. The van der Waals surface area contributed by atoms with Crippen LogP contribution in [0.25, 0.3) is 5.65 Å². The van der Waals surface area contributed by atoms with Gasteiger partial charge in [-0.05, 0) is 12.1 Å². The number of sulfonamides is 1. The molecule has 0 unspecified atom stereocenters. The molecule has 2 aromatic heterocycles. The van der Waals surface area contributed by atoms with Crippen LogP contribution in [0.3, 0.4) is 0 Å². The molecular weight excluding hydrogens is 387 g/mol. The lowest BCUT2D eigenvalue weighted by Crippen LogP contribution is -2.17. The highest BCUT2D eigenvalue weighted by molar-refractivity contribution is 7.92. The van der Waals surface area contributed by atoms with Crippen molar-refractivity contribution < 1.29 is 26.3 Å². The summed E-state index contributed by atoms with van der Waals surface area (Å²) in [5, 5.41) is 2.34. The summed E-state index contributed by atoms with van der Waals surface area (Å²) in [5.74, 6) is -3.47. The van der Waals surface area contributed by atoms with Gasteiger partial charge in [-0.15, -0.1) is 5.10 Å². The van der Waals surface area contributed by atoms with E-state index in [2.05, 4.69) is 15.1 Å². The largest absolute Gasteiger partial charge is 0.467 e. The minimum atomic E-state index is -4.64. The van der Waals surface area contributed by atoms with E-state index in [4.69, 9.17) is 16.3 Å². The number of anilines is 1. The van der Waals surface area contributed by atoms with Crippen LogP contribution in [-0.2, 0) is 10.0 Å². The average molecular weight is 394 g/mol. The quantitative estimate of drug-likeness (QED) is 0.728. The third-order valence-corrected chi connectivity index (χ3v) is 4.28. The van der Waals surface area contributed by atoms with Crippen molar-refractivity contribution in [2.75, 3.05) is 11.8 Å². The molecule has 0 amide bonds. The van der Waals surface area contributed by atoms with Crippen molar-refractivity contribution in [2.45, 2.75) is 5.16 Å². The van der Waals surface area contributed by atoms with Gasteiger partial charge in [0.1, 0.15) is 5.69 Å². The predicted molar refractivity (Wildman–Crippen MR) is 79.5 cm³/mol. The van der Waals surface area contributed by atoms with Crippen LogP contribution in [0.4, 0.5) is 18.9 Å². The van der Waals surface area contributed by atoms with Gasteiger partial charge in [0.05, 0.1) is 13.3 Å². The fourth-order valence-corrected chi connectivity index (χ4v) is 3.02. The summed E-state index contributed by atoms with van der Waals surface area (Å²) in [4.78, 5) is 7.06. The van der Waals surface area contributed by atoms with Gasteiger partial charge in [0.2, 0.25) is 0 Å². The second-order valence-corrected chi connectivity index (χ2v) is 6.59. The summed E-state index contributed by atoms with van der Waals surface area (Å²) in [6.45, 7) is 0. The molecule has 1 aromatic carbocycles. The van der Waals surface area contributed by atoms with Gasteiger partial charge in [-0.3, -0.25) is 4.72 Å². The summed E-state index contributed by atoms with van der Waals surface area (Å²) >= 11 is 5.47. The maximum absolute atomic E-state index is 13.8. The summed E-state index contributed by atoms with van der Waals surface area (Å²) in [5.41, 5.74) is -1.47. The second kappa shape index (κ2) is 6.04. The van der Waals surface area contributed by atoms with Crippen LogP contribution in [0.5, 0.6) is 6.01 Å². The fraction of sp³-hybridized carbons (Fsp3) is 0.0833. The molecule has 1 N–H and O–H groups in total. The molecule has 0 aliphatic heterocycles. The van der Waals surface area contributed by atoms with Gasteiger partial charge in [0, 0.05) is 5.02 Å². The molecule has 0 saturated carbocycles. The Morgan fingerprint density at radius 3 is 2.44 bits per heavy atom. The van der Waals surface area contributed by atoms with E-state index in [1.807, 2.05) is 0 Å². The molecule has 3 rings (SSSR count). The van der Waals surface area contributed by atoms with Crippen LogP contribution in [-0.4, -0.2) is 35.1 Å². The summed E-state index contributed by atoms with van der Waals surface area (Å²) in [6, 6.07) is 1.19. The van der Waals surface area contributed by atoms with E-state index >= 15 is 0 Å². The minimum absolute atomic E-state index is 0.241. The first-order chi connectivity index (χ1) is 11.7. The number of nitrogens with one attached hydrogen (secondary N) is 1. The molecule has 0 spiro atoms. The highest BCUT2D eigenvalue weighted by Crippen LogP contribution is 2.26. The van der Waals surface area contributed by atoms with E-state index in [0.29, 0.717) is 16.6 Å². The lowest BCUT2D eigenvalue weighted by Gasteiger charge is -2.07. The molecule has 0 aliphatic rings. The molecule has 2 heterocycles. The highest BCUT2D eigenvalue weighted by atomic mass is 35.5. The molecule has 0 aliphatic carbocycles. The van der Waals surface area contributed by atoms with Gasteiger partial charge in [0.25, 0.3) is 15.2 Å². The van der Waals surface area contributed by atoms with Crippen LogP contribution in [0, 0.1) is 17.5 Å². The third kappa shape index (κ3) is 3.05. The number of aromatic nitrogens is 4. The van der Waals surface area contributed by atoms with Crippen molar-refractivity contribution in [1.82, 2.24) is 19.6 Å². The number of hydrogen-bond acceptors (Lipinski definition) is 6. The maximum Gasteiger partial charge on any atom is 0.319 e. The zero-order valence-electron chi connectivity index (χ0n) is 12.2. The Morgan fingerprint density at radius 1 is 1.20 bits per heavy atom. The van der Waals surface area contributed by atoms with Crippen LogP contribution < -0.4 is 9.46 Å². The van der Waals surface area contributed by atoms with E-state index in [9.17, 15) is 21.6 Å². The summed E-state index contributed by atoms with van der Waals surface area (Å²) in [6.07, 6.45) is 0.755. The van der Waals surface area contributed by atoms with E-state index in [1.54, 1.807) is 4.72 Å². The van der Waals surface area contributed by atoms with E-state index in [-0.39, 0.29) is 11.0 Å². The molecule has 3 aromatic rings. The van der Waals surface area contributed by atoms with Crippen molar-refractivity contribution in [3.8, 4) is 6.01 Å². The topological polar surface area (TPSA) is 98.5 Å². The molecule has 0 atom stereocenters. The molecule has 0 saturated heterocycles. The lowest BCUT2D eigenvalue weighted by atomic mass is 10.3. The van der Waals surface area contributed by atoms with Crippen molar-refractivity contribution in [1.29, 1.82) is 0 Å². The number of ether oxygens (including phenoxy) is 1. The van der Waals surface area contributed by atoms with Gasteiger partial charge in [0.15, 0.2) is 23.1 Å². The number of fused-ring (bicyclic) bond motifs is 1. The summed E-state index contributed by atoms with van der Waals surface area (Å²) < 4.78 is 72.9. The number of benzene rings is 1. The Balaban J connectivity index is 2.10. The van der Waals surface area contributed by atoms with E-state index in [0.717, 1.165) is 6.20 Å². The van der Waals surface area contributed by atoms with Crippen LogP contribution in [0.15, 0.2) is 23.5 Å². The first kappa shape index (κ1) is 17.2. The zero-order valence-corrected chi connectivity index (χ0v) is 13.7. The average Bonchev–Trinajstić information content (AvgIpc) is 2.98. The molecule has 8 nitrogen and oxygen atoms in total. The van der Waals surface area contributed by atoms with Gasteiger partial charge in [-0.1, -0.05) is 11.6 Å². The Hall–Kier alpha value is -2.60. The Kier molecular flexibility index (Phi) is 4.16. The molecule has 0 fully saturated rings. The number of halogens is 4. The molecule has 0 bridgehead atoms. The van der Waals surface area contributed by atoms with Crippen LogP contribution >= 0.6 is 11.6 Å². The van der Waals surface area contributed by atoms with Crippen molar-refractivity contribution in [2.24, 2.45) is 0 Å². The number of rotatable bonds is 4. The first-order valence-corrected chi connectivity index (χ1v) is 8.21. The molecule has 0 radical (unpaired) electrons. The maximum atomic E-state index is 13.8. The number of nitrogens with zero attached hydrogens (tertiary/aromatic N) is 4. The lowest BCUT2D eigenvalue weighted by molar-refractivity contribution is 0.363. The van der Waals surface area contributed by atoms with Crippen LogP contribution in [0.2, 0.25) is 5.02 Å².